The van der Waals surface area contributed by atoms with Crippen molar-refractivity contribution in [1.82, 2.24) is 9.55 Å². The number of fused-ring (bicyclic) bond motifs is 1. The lowest BCUT2D eigenvalue weighted by Gasteiger charge is -2.15. The zero-order chi connectivity index (χ0) is 17.2. The van der Waals surface area contributed by atoms with Crippen LogP contribution in [-0.4, -0.2) is 35.1 Å². The second kappa shape index (κ2) is 6.61. The van der Waals surface area contributed by atoms with Gasteiger partial charge in [-0.2, -0.15) is 8.78 Å². The second-order valence-corrected chi connectivity index (χ2v) is 4.98. The summed E-state index contributed by atoms with van der Waals surface area (Å²) < 4.78 is 68.2. The van der Waals surface area contributed by atoms with E-state index in [1.807, 2.05) is 0 Å². The maximum atomic E-state index is 13.4. The Labute approximate surface area is 127 Å². The summed E-state index contributed by atoms with van der Waals surface area (Å²) in [6, 6.07) is 2.46. The Bertz CT molecular complexity index is 761. The molecule has 0 fully saturated rings. The van der Waals surface area contributed by atoms with E-state index in [9.17, 15) is 26.7 Å². The van der Waals surface area contributed by atoms with Crippen LogP contribution in [0.25, 0.3) is 10.9 Å². The minimum absolute atomic E-state index is 0.141. The summed E-state index contributed by atoms with van der Waals surface area (Å²) in [5, 5.41) is 0.171. The van der Waals surface area contributed by atoms with Gasteiger partial charge in [-0.3, -0.25) is 9.36 Å². The molecule has 0 bridgehead atoms. The fourth-order valence-corrected chi connectivity index (χ4v) is 1.88. The first-order chi connectivity index (χ1) is 10.7. The number of aromatic nitrogens is 2. The van der Waals surface area contributed by atoms with Crippen molar-refractivity contribution < 1.29 is 26.7 Å². The molecule has 1 aromatic heterocycles. The lowest BCUT2D eigenvalue weighted by molar-refractivity contribution is -0.166. The maximum Gasteiger partial charge on any atom is 0.330 e. The van der Waals surface area contributed by atoms with E-state index < -0.39 is 30.3 Å². The molecule has 0 aliphatic heterocycles. The van der Waals surface area contributed by atoms with Crippen LogP contribution in [0.5, 0.6) is 0 Å². The van der Waals surface area contributed by atoms with Gasteiger partial charge in [-0.25, -0.2) is 18.2 Å². The van der Waals surface area contributed by atoms with Crippen molar-refractivity contribution in [2.24, 2.45) is 0 Å². The summed E-state index contributed by atoms with van der Waals surface area (Å²) in [5.41, 5.74) is -0.0659. The van der Waals surface area contributed by atoms with Crippen LogP contribution in [0.2, 0.25) is 0 Å². The third-order valence-corrected chi connectivity index (χ3v) is 3.19. The molecule has 0 radical (unpaired) electrons. The van der Waals surface area contributed by atoms with Gasteiger partial charge in [0.2, 0.25) is 0 Å². The number of rotatable bonds is 6. The van der Waals surface area contributed by atoms with Gasteiger partial charge in [0.1, 0.15) is 12.4 Å². The largest absolute Gasteiger partial charge is 0.373 e. The average molecular weight is 336 g/mol. The molecule has 0 saturated heterocycles. The minimum atomic E-state index is -4.23. The van der Waals surface area contributed by atoms with Crippen LogP contribution in [0, 0.1) is 12.7 Å². The van der Waals surface area contributed by atoms with Crippen LogP contribution < -0.4 is 5.56 Å². The van der Waals surface area contributed by atoms with E-state index in [1.54, 1.807) is 0 Å². The highest BCUT2D eigenvalue weighted by atomic mass is 19.3. The molecular weight excluding hydrogens is 323 g/mol. The highest BCUT2D eigenvalue weighted by molar-refractivity contribution is 5.78. The maximum absolute atomic E-state index is 13.4. The van der Waals surface area contributed by atoms with Crippen LogP contribution >= 0.6 is 0 Å². The van der Waals surface area contributed by atoms with Crippen molar-refractivity contribution >= 4 is 10.9 Å². The summed E-state index contributed by atoms with van der Waals surface area (Å²) in [6.45, 7) is -0.459. The first kappa shape index (κ1) is 17.3. The van der Waals surface area contributed by atoms with Gasteiger partial charge in [-0.05, 0) is 18.6 Å². The molecule has 0 amide bonds. The third kappa shape index (κ3) is 3.84. The van der Waals surface area contributed by atoms with Gasteiger partial charge in [0.15, 0.2) is 0 Å². The second-order valence-electron chi connectivity index (χ2n) is 4.98. The molecule has 0 unspecified atom stereocenters. The van der Waals surface area contributed by atoms with E-state index in [0.29, 0.717) is 0 Å². The number of aryl methyl sites for hydroxylation is 1. The number of ether oxygens (including phenoxy) is 1. The Hall–Kier alpha value is -2.03. The molecule has 1 heterocycles. The lowest BCUT2D eigenvalue weighted by Crippen LogP contribution is -2.33. The first-order valence-electron chi connectivity index (χ1n) is 6.61. The highest BCUT2D eigenvalue weighted by Crippen LogP contribution is 2.22. The Morgan fingerprint density at radius 3 is 2.70 bits per heavy atom. The van der Waals surface area contributed by atoms with Gasteiger partial charge in [0.25, 0.3) is 5.56 Å². The first-order valence-corrected chi connectivity index (χ1v) is 6.61. The van der Waals surface area contributed by atoms with Crippen LogP contribution in [-0.2, 0) is 11.3 Å². The van der Waals surface area contributed by atoms with Crippen molar-refractivity contribution in [1.29, 1.82) is 0 Å². The van der Waals surface area contributed by atoms with E-state index in [4.69, 9.17) is 0 Å². The average Bonchev–Trinajstić information content (AvgIpc) is 2.47. The molecule has 0 N–H and O–H groups in total. The molecule has 2 rings (SSSR count). The van der Waals surface area contributed by atoms with Gasteiger partial charge in [-0.1, -0.05) is 0 Å². The normalized spacial score (nSPS) is 12.3. The number of benzene rings is 1. The molecule has 9 heteroatoms. The summed E-state index contributed by atoms with van der Waals surface area (Å²) in [7, 11) is 0. The summed E-state index contributed by atoms with van der Waals surface area (Å²) >= 11 is 0. The molecule has 126 valence electrons. The number of halogens is 5. The van der Waals surface area contributed by atoms with Crippen molar-refractivity contribution in [3.63, 3.8) is 0 Å². The molecule has 0 aliphatic carbocycles. The topological polar surface area (TPSA) is 44.1 Å². The minimum Gasteiger partial charge on any atom is -0.373 e. The summed E-state index contributed by atoms with van der Waals surface area (Å²) in [4.78, 5) is 16.1. The van der Waals surface area contributed by atoms with Crippen LogP contribution in [0.1, 0.15) is 5.56 Å². The van der Waals surface area contributed by atoms with E-state index in [1.165, 1.54) is 13.0 Å². The predicted octanol–water partition coefficient (Wildman–Crippen LogP) is 2.76. The Morgan fingerprint density at radius 1 is 1.35 bits per heavy atom. The number of alkyl halides is 4. The zero-order valence-electron chi connectivity index (χ0n) is 12.0. The van der Waals surface area contributed by atoms with E-state index in [2.05, 4.69) is 9.72 Å². The fourth-order valence-electron chi connectivity index (χ4n) is 1.88. The van der Waals surface area contributed by atoms with Crippen molar-refractivity contribution in [2.45, 2.75) is 25.8 Å². The highest BCUT2D eigenvalue weighted by Gasteiger charge is 2.40. The van der Waals surface area contributed by atoms with E-state index >= 15 is 0 Å². The van der Waals surface area contributed by atoms with Gasteiger partial charge < -0.3 is 4.74 Å². The zero-order valence-corrected chi connectivity index (χ0v) is 12.0. The Morgan fingerprint density at radius 2 is 2.04 bits per heavy atom. The Kier molecular flexibility index (Phi) is 4.98. The number of hydrogen-bond donors (Lipinski definition) is 0. The third-order valence-electron chi connectivity index (χ3n) is 3.19. The monoisotopic (exact) mass is 336 g/mol. The number of hydrogen-bond acceptors (Lipinski definition) is 3. The van der Waals surface area contributed by atoms with Gasteiger partial charge >= 0.3 is 12.3 Å². The van der Waals surface area contributed by atoms with Gasteiger partial charge in [-0.15, -0.1) is 0 Å². The van der Waals surface area contributed by atoms with Gasteiger partial charge in [0.05, 0.1) is 30.4 Å². The predicted molar refractivity (Wildman–Crippen MR) is 72.5 cm³/mol. The molecule has 2 aromatic rings. The molecule has 0 aliphatic rings. The van der Waals surface area contributed by atoms with Crippen LogP contribution in [0.4, 0.5) is 22.0 Å². The number of nitrogens with zero attached hydrogens (tertiary/aromatic N) is 2. The molecule has 23 heavy (non-hydrogen) atoms. The Balaban J connectivity index is 2.08. The lowest BCUT2D eigenvalue weighted by atomic mass is 10.1. The smallest absolute Gasteiger partial charge is 0.330 e. The molecule has 1 aromatic carbocycles. The molecule has 4 nitrogen and oxygen atoms in total. The van der Waals surface area contributed by atoms with Gasteiger partial charge in [0, 0.05) is 6.07 Å². The fraction of sp³-hybridized carbons (Fsp3) is 0.429. The summed E-state index contributed by atoms with van der Waals surface area (Å²) in [5.74, 6) is -4.74. The quantitative estimate of drug-likeness (QED) is 0.602. The summed E-state index contributed by atoms with van der Waals surface area (Å²) in [6.07, 6.45) is -2.70. The van der Waals surface area contributed by atoms with Crippen molar-refractivity contribution in [3.05, 3.63) is 40.2 Å². The van der Waals surface area contributed by atoms with E-state index in [0.717, 1.165) is 17.0 Å². The molecule has 0 saturated carbocycles. The molecule has 0 spiro atoms. The molecular formula is C14H13F5N2O2. The van der Waals surface area contributed by atoms with Crippen LogP contribution in [0.15, 0.2) is 23.3 Å². The molecule has 0 atom stereocenters. The van der Waals surface area contributed by atoms with E-state index in [-0.39, 0.29) is 29.6 Å². The SMILES string of the molecule is Cc1cc2c(=O)n(CCOCC(F)(F)C(F)F)cnc2cc1F. The van der Waals surface area contributed by atoms with Crippen LogP contribution in [0.3, 0.4) is 0 Å². The van der Waals surface area contributed by atoms with Crippen molar-refractivity contribution in [2.75, 3.05) is 13.2 Å². The van der Waals surface area contributed by atoms with Crippen molar-refractivity contribution in [3.8, 4) is 0 Å². The standard InChI is InChI=1S/C14H13F5N2O2/c1-8-4-9-11(5-10(8)15)20-7-21(12(9)22)2-3-23-6-14(18,19)13(16)17/h4-5,7,13H,2-3,6H2,1H3.